The standard InChI is InChI=1S/C28H28N2O3S/c1-20-11-12-21(2)27(17-20)30(34(3,32)33)19-22-13-15-24(16-14-22)28(31)29-18-25-9-6-8-23-7-4-5-10-26(23)25/h4-17H,18-19H2,1-3H3,(H,29,31). The number of carbonyl (C=O) groups excluding carboxylic acids is 1. The second-order valence-electron chi connectivity index (χ2n) is 8.58. The maximum Gasteiger partial charge on any atom is 0.251 e. The van der Waals surface area contributed by atoms with E-state index in [9.17, 15) is 13.2 Å². The molecule has 0 fully saturated rings. The lowest BCUT2D eigenvalue weighted by Crippen LogP contribution is -2.30. The average molecular weight is 473 g/mol. The molecule has 4 aromatic rings. The predicted molar refractivity (Wildman–Crippen MR) is 139 cm³/mol. The normalized spacial score (nSPS) is 11.4. The minimum absolute atomic E-state index is 0.172. The van der Waals surface area contributed by atoms with Crippen molar-refractivity contribution in [2.24, 2.45) is 0 Å². The first-order chi connectivity index (χ1) is 16.2. The van der Waals surface area contributed by atoms with Gasteiger partial charge < -0.3 is 5.32 Å². The van der Waals surface area contributed by atoms with E-state index >= 15 is 0 Å². The van der Waals surface area contributed by atoms with Crippen molar-refractivity contribution >= 4 is 32.4 Å². The number of sulfonamides is 1. The zero-order valence-corrected chi connectivity index (χ0v) is 20.4. The van der Waals surface area contributed by atoms with Crippen LogP contribution >= 0.6 is 0 Å². The van der Waals surface area contributed by atoms with Gasteiger partial charge >= 0.3 is 0 Å². The number of anilines is 1. The van der Waals surface area contributed by atoms with Crippen molar-refractivity contribution in [3.63, 3.8) is 0 Å². The molecule has 0 heterocycles. The van der Waals surface area contributed by atoms with Gasteiger partial charge in [0.05, 0.1) is 18.5 Å². The molecule has 0 aliphatic rings. The van der Waals surface area contributed by atoms with Gasteiger partial charge in [0, 0.05) is 12.1 Å². The number of aryl methyl sites for hydroxylation is 2. The summed E-state index contributed by atoms with van der Waals surface area (Å²) in [5.74, 6) is -0.172. The Kier molecular flexibility index (Phi) is 6.70. The van der Waals surface area contributed by atoms with E-state index in [1.54, 1.807) is 24.3 Å². The molecule has 5 nitrogen and oxygen atoms in total. The summed E-state index contributed by atoms with van der Waals surface area (Å²) in [6.45, 7) is 4.46. The Balaban J connectivity index is 1.48. The summed E-state index contributed by atoms with van der Waals surface area (Å²) in [6, 6.07) is 27.0. The van der Waals surface area contributed by atoms with Gasteiger partial charge in [0.25, 0.3) is 5.91 Å². The van der Waals surface area contributed by atoms with Gasteiger partial charge in [-0.15, -0.1) is 0 Å². The molecule has 4 aromatic carbocycles. The summed E-state index contributed by atoms with van der Waals surface area (Å²) in [6.07, 6.45) is 1.21. The second-order valence-corrected chi connectivity index (χ2v) is 10.5. The van der Waals surface area contributed by atoms with E-state index in [4.69, 9.17) is 0 Å². The summed E-state index contributed by atoms with van der Waals surface area (Å²) >= 11 is 0. The monoisotopic (exact) mass is 472 g/mol. The van der Waals surface area contributed by atoms with Crippen molar-refractivity contribution in [1.29, 1.82) is 0 Å². The number of hydrogen-bond donors (Lipinski definition) is 1. The summed E-state index contributed by atoms with van der Waals surface area (Å²) < 4.78 is 26.5. The zero-order valence-electron chi connectivity index (χ0n) is 19.6. The fourth-order valence-electron chi connectivity index (χ4n) is 4.02. The summed E-state index contributed by atoms with van der Waals surface area (Å²) in [4.78, 5) is 12.7. The van der Waals surface area contributed by atoms with Gasteiger partial charge in [0.15, 0.2) is 0 Å². The molecule has 0 aromatic heterocycles. The lowest BCUT2D eigenvalue weighted by molar-refractivity contribution is 0.0951. The fourth-order valence-corrected chi connectivity index (χ4v) is 4.96. The van der Waals surface area contributed by atoms with Crippen LogP contribution in [0.4, 0.5) is 5.69 Å². The van der Waals surface area contributed by atoms with Crippen LogP contribution in [0.1, 0.15) is 32.6 Å². The minimum atomic E-state index is -3.49. The average Bonchev–Trinajstić information content (AvgIpc) is 2.82. The molecule has 174 valence electrons. The number of rotatable bonds is 7. The maximum absolute atomic E-state index is 12.7. The Labute approximate surface area is 201 Å². The predicted octanol–water partition coefficient (Wildman–Crippen LogP) is 5.35. The minimum Gasteiger partial charge on any atom is -0.348 e. The van der Waals surface area contributed by atoms with Crippen LogP contribution in [0, 0.1) is 13.8 Å². The van der Waals surface area contributed by atoms with Crippen molar-refractivity contribution in [3.05, 3.63) is 113 Å². The van der Waals surface area contributed by atoms with Crippen molar-refractivity contribution in [3.8, 4) is 0 Å². The van der Waals surface area contributed by atoms with E-state index in [1.807, 2.05) is 56.3 Å². The molecule has 4 rings (SSSR count). The molecule has 0 spiro atoms. The zero-order chi connectivity index (χ0) is 24.3. The van der Waals surface area contributed by atoms with E-state index in [0.29, 0.717) is 17.8 Å². The van der Waals surface area contributed by atoms with Crippen molar-refractivity contribution in [1.82, 2.24) is 5.32 Å². The highest BCUT2D eigenvalue weighted by molar-refractivity contribution is 7.92. The molecule has 34 heavy (non-hydrogen) atoms. The highest BCUT2D eigenvalue weighted by Crippen LogP contribution is 2.26. The molecular formula is C28H28N2O3S. The SMILES string of the molecule is Cc1ccc(C)c(N(Cc2ccc(C(=O)NCc3cccc4ccccc34)cc2)S(C)(=O)=O)c1. The maximum atomic E-state index is 12.7. The van der Waals surface area contributed by atoms with Gasteiger partial charge in [0.1, 0.15) is 0 Å². The highest BCUT2D eigenvalue weighted by Gasteiger charge is 2.20. The van der Waals surface area contributed by atoms with Gasteiger partial charge in [-0.2, -0.15) is 0 Å². The molecule has 0 aliphatic carbocycles. The Morgan fingerprint density at radius 2 is 1.59 bits per heavy atom. The number of fused-ring (bicyclic) bond motifs is 1. The van der Waals surface area contributed by atoms with E-state index < -0.39 is 10.0 Å². The largest absolute Gasteiger partial charge is 0.348 e. The molecule has 0 radical (unpaired) electrons. The van der Waals surface area contributed by atoms with Crippen LogP contribution in [0.3, 0.4) is 0 Å². The van der Waals surface area contributed by atoms with Gasteiger partial charge in [-0.3, -0.25) is 9.10 Å². The van der Waals surface area contributed by atoms with E-state index in [2.05, 4.69) is 23.5 Å². The van der Waals surface area contributed by atoms with Gasteiger partial charge in [-0.05, 0) is 65.1 Å². The lowest BCUT2D eigenvalue weighted by Gasteiger charge is -2.25. The molecule has 1 amide bonds. The molecule has 1 N–H and O–H groups in total. The molecule has 0 bridgehead atoms. The molecule has 0 saturated carbocycles. The smallest absolute Gasteiger partial charge is 0.251 e. The van der Waals surface area contributed by atoms with Crippen LogP contribution in [0.25, 0.3) is 10.8 Å². The van der Waals surface area contributed by atoms with Gasteiger partial charge in [0.2, 0.25) is 10.0 Å². The summed E-state index contributed by atoms with van der Waals surface area (Å²) in [5.41, 5.74) is 4.94. The Morgan fingerprint density at radius 3 is 2.32 bits per heavy atom. The molecule has 6 heteroatoms. The first-order valence-electron chi connectivity index (χ1n) is 11.1. The lowest BCUT2D eigenvalue weighted by atomic mass is 10.0. The van der Waals surface area contributed by atoms with Crippen molar-refractivity contribution in [2.45, 2.75) is 26.9 Å². The topological polar surface area (TPSA) is 66.5 Å². The third-order valence-corrected chi connectivity index (χ3v) is 7.02. The van der Waals surface area contributed by atoms with Crippen molar-refractivity contribution < 1.29 is 13.2 Å². The van der Waals surface area contributed by atoms with Gasteiger partial charge in [-0.1, -0.05) is 66.7 Å². The van der Waals surface area contributed by atoms with Crippen molar-refractivity contribution in [2.75, 3.05) is 10.6 Å². The number of nitrogens with one attached hydrogen (secondary N) is 1. The first-order valence-corrected chi connectivity index (χ1v) is 13.0. The number of benzene rings is 4. The fraction of sp³-hybridized carbons (Fsp3) is 0.179. The third kappa shape index (κ3) is 5.29. The van der Waals surface area contributed by atoms with Crippen LogP contribution in [-0.4, -0.2) is 20.6 Å². The Bertz CT molecular complexity index is 1440. The van der Waals surface area contributed by atoms with Gasteiger partial charge in [-0.25, -0.2) is 8.42 Å². The molecule has 0 aliphatic heterocycles. The number of carbonyl (C=O) groups is 1. The van der Waals surface area contributed by atoms with Crippen LogP contribution in [-0.2, 0) is 23.1 Å². The van der Waals surface area contributed by atoms with E-state index in [0.717, 1.165) is 33.0 Å². The number of nitrogens with zero attached hydrogens (tertiary/aromatic N) is 1. The number of amides is 1. The second kappa shape index (κ2) is 9.69. The first kappa shape index (κ1) is 23.5. The number of hydrogen-bond acceptors (Lipinski definition) is 3. The van der Waals surface area contributed by atoms with E-state index in [-0.39, 0.29) is 12.5 Å². The van der Waals surface area contributed by atoms with E-state index in [1.165, 1.54) is 10.6 Å². The third-order valence-electron chi connectivity index (χ3n) is 5.90. The van der Waals surface area contributed by atoms with Crippen LogP contribution in [0.15, 0.2) is 84.9 Å². The molecule has 0 unspecified atom stereocenters. The molecule has 0 saturated heterocycles. The van der Waals surface area contributed by atoms with Crippen LogP contribution in [0.5, 0.6) is 0 Å². The van der Waals surface area contributed by atoms with Crippen LogP contribution < -0.4 is 9.62 Å². The Morgan fingerprint density at radius 1 is 0.882 bits per heavy atom. The summed E-state index contributed by atoms with van der Waals surface area (Å²) in [5, 5.41) is 5.24. The molecular weight excluding hydrogens is 444 g/mol. The summed E-state index contributed by atoms with van der Waals surface area (Å²) in [7, 11) is -3.49. The Hall–Kier alpha value is -3.64. The quantitative estimate of drug-likeness (QED) is 0.394. The molecule has 0 atom stereocenters. The van der Waals surface area contributed by atoms with Crippen LogP contribution in [0.2, 0.25) is 0 Å². The highest BCUT2D eigenvalue weighted by atomic mass is 32.2.